The highest BCUT2D eigenvalue weighted by Gasteiger charge is 2.42. The van der Waals surface area contributed by atoms with Gasteiger partial charge in [0.2, 0.25) is 5.91 Å². The molecule has 2 aliphatic heterocycles. The van der Waals surface area contributed by atoms with Crippen molar-refractivity contribution < 1.29 is 19.1 Å². The van der Waals surface area contributed by atoms with E-state index >= 15 is 0 Å². The Morgan fingerprint density at radius 1 is 1.14 bits per heavy atom. The smallest absolute Gasteiger partial charge is 0.259 e. The van der Waals surface area contributed by atoms with Crippen molar-refractivity contribution >= 4 is 34.6 Å². The summed E-state index contributed by atoms with van der Waals surface area (Å²) in [6.07, 6.45) is 0.103. The standard InChI is InChI=1S/C20H16FN3O3S/c21-15-7-2-1-4-12(15)10-28-20-23-18-17(19(27)24-20)14(9-16(26)22-18)11-5-3-6-13(25)8-11/h1-8,14,17,25H,9-10H2,(H,22,23,24,26,27). The molecule has 8 heteroatoms. The Bertz CT molecular complexity index is 1020. The minimum atomic E-state index is -0.711. The number of amidine groups is 2. The number of hydrogen-bond acceptors (Lipinski definition) is 5. The molecule has 6 nitrogen and oxygen atoms in total. The molecule has 2 amide bonds. The summed E-state index contributed by atoms with van der Waals surface area (Å²) in [7, 11) is 0. The van der Waals surface area contributed by atoms with Crippen LogP contribution in [0.5, 0.6) is 5.75 Å². The summed E-state index contributed by atoms with van der Waals surface area (Å²) >= 11 is 1.14. The number of halogens is 1. The van der Waals surface area contributed by atoms with Gasteiger partial charge in [0.05, 0.1) is 0 Å². The highest BCUT2D eigenvalue weighted by atomic mass is 32.2. The van der Waals surface area contributed by atoms with Crippen LogP contribution in [-0.2, 0) is 15.3 Å². The molecule has 2 N–H and O–H groups in total. The second kappa shape index (κ2) is 7.55. The van der Waals surface area contributed by atoms with Gasteiger partial charge in [-0.05, 0) is 29.3 Å². The summed E-state index contributed by atoms with van der Waals surface area (Å²) in [5, 5.41) is 12.6. The molecule has 0 radical (unpaired) electrons. The highest BCUT2D eigenvalue weighted by Crippen LogP contribution is 2.36. The first kappa shape index (κ1) is 18.4. The number of carbonyl (C=O) groups excluding carboxylic acids is 2. The quantitative estimate of drug-likeness (QED) is 0.833. The van der Waals surface area contributed by atoms with E-state index in [0.29, 0.717) is 11.1 Å². The molecule has 4 rings (SSSR count). The molecule has 1 fully saturated rings. The van der Waals surface area contributed by atoms with E-state index in [-0.39, 0.29) is 40.7 Å². The van der Waals surface area contributed by atoms with E-state index in [4.69, 9.17) is 0 Å². The molecule has 2 aliphatic rings. The fourth-order valence-corrected chi connectivity index (χ4v) is 4.18. The number of phenols is 1. The first-order valence-corrected chi connectivity index (χ1v) is 9.66. The van der Waals surface area contributed by atoms with Gasteiger partial charge < -0.3 is 10.4 Å². The zero-order valence-electron chi connectivity index (χ0n) is 14.6. The van der Waals surface area contributed by atoms with Crippen molar-refractivity contribution in [3.63, 3.8) is 0 Å². The number of aliphatic imine (C=N–C) groups is 2. The van der Waals surface area contributed by atoms with Crippen LogP contribution in [0.25, 0.3) is 0 Å². The molecule has 0 bridgehead atoms. The zero-order valence-corrected chi connectivity index (χ0v) is 15.4. The number of rotatable bonds is 3. The van der Waals surface area contributed by atoms with Gasteiger partial charge in [0, 0.05) is 18.1 Å². The van der Waals surface area contributed by atoms with Gasteiger partial charge in [-0.2, -0.15) is 4.99 Å². The Kier molecular flexibility index (Phi) is 4.95. The van der Waals surface area contributed by atoms with Gasteiger partial charge in [0.15, 0.2) is 5.17 Å². The largest absolute Gasteiger partial charge is 0.508 e. The minimum absolute atomic E-state index is 0.0647. The molecule has 0 aliphatic carbocycles. The number of carbonyl (C=O) groups is 2. The summed E-state index contributed by atoms with van der Waals surface area (Å²) in [5.74, 6) is -1.57. The molecule has 2 aromatic rings. The van der Waals surface area contributed by atoms with Crippen LogP contribution >= 0.6 is 11.8 Å². The molecule has 2 atom stereocenters. The average Bonchev–Trinajstić information content (AvgIpc) is 2.66. The summed E-state index contributed by atoms with van der Waals surface area (Å²) in [6.45, 7) is 0. The number of fused-ring (bicyclic) bond motifs is 1. The van der Waals surface area contributed by atoms with E-state index in [0.717, 1.165) is 11.8 Å². The maximum absolute atomic E-state index is 13.8. The molecule has 142 valence electrons. The Hall–Kier alpha value is -3.00. The van der Waals surface area contributed by atoms with E-state index < -0.39 is 17.7 Å². The van der Waals surface area contributed by atoms with E-state index in [1.54, 1.807) is 36.4 Å². The fraction of sp³-hybridized carbons (Fsp3) is 0.200. The van der Waals surface area contributed by atoms with Gasteiger partial charge in [-0.15, -0.1) is 0 Å². The summed E-state index contributed by atoms with van der Waals surface area (Å²) in [5.41, 5.74) is 1.16. The van der Waals surface area contributed by atoms with Gasteiger partial charge >= 0.3 is 0 Å². The van der Waals surface area contributed by atoms with E-state index in [2.05, 4.69) is 15.3 Å². The average molecular weight is 397 g/mol. The second-order valence-electron chi connectivity index (χ2n) is 6.54. The van der Waals surface area contributed by atoms with Crippen LogP contribution in [0.15, 0.2) is 58.5 Å². The molecular formula is C20H16FN3O3S. The van der Waals surface area contributed by atoms with Gasteiger partial charge in [0.1, 0.15) is 23.3 Å². The number of piperidine rings is 1. The molecule has 1 saturated heterocycles. The van der Waals surface area contributed by atoms with Crippen molar-refractivity contribution in [1.29, 1.82) is 0 Å². The predicted molar refractivity (Wildman–Crippen MR) is 105 cm³/mol. The summed E-state index contributed by atoms with van der Waals surface area (Å²) in [4.78, 5) is 33.3. The molecule has 0 aromatic heterocycles. The maximum Gasteiger partial charge on any atom is 0.259 e. The van der Waals surface area contributed by atoms with Gasteiger partial charge in [-0.3, -0.25) is 9.59 Å². The number of amides is 2. The number of aromatic hydroxyl groups is 1. The maximum atomic E-state index is 13.8. The van der Waals surface area contributed by atoms with Crippen LogP contribution in [0, 0.1) is 11.7 Å². The van der Waals surface area contributed by atoms with Crippen molar-refractivity contribution in [2.45, 2.75) is 18.1 Å². The van der Waals surface area contributed by atoms with Crippen molar-refractivity contribution in [2.24, 2.45) is 15.9 Å². The van der Waals surface area contributed by atoms with Crippen LogP contribution in [0.1, 0.15) is 23.5 Å². The number of nitrogens with zero attached hydrogens (tertiary/aromatic N) is 2. The number of hydrogen-bond donors (Lipinski definition) is 2. The van der Waals surface area contributed by atoms with Crippen molar-refractivity contribution in [1.82, 2.24) is 5.32 Å². The van der Waals surface area contributed by atoms with Crippen LogP contribution < -0.4 is 5.32 Å². The second-order valence-corrected chi connectivity index (χ2v) is 7.48. The molecule has 0 spiro atoms. The third-order valence-electron chi connectivity index (χ3n) is 4.67. The van der Waals surface area contributed by atoms with Crippen LogP contribution in [-0.4, -0.2) is 27.9 Å². The fourth-order valence-electron chi connectivity index (χ4n) is 3.35. The van der Waals surface area contributed by atoms with Gasteiger partial charge in [0.25, 0.3) is 5.91 Å². The molecule has 2 heterocycles. The van der Waals surface area contributed by atoms with E-state index in [1.807, 2.05) is 0 Å². The van der Waals surface area contributed by atoms with Crippen LogP contribution in [0.3, 0.4) is 0 Å². The number of benzene rings is 2. The topological polar surface area (TPSA) is 91.1 Å². The lowest BCUT2D eigenvalue weighted by Crippen LogP contribution is -2.49. The van der Waals surface area contributed by atoms with Crippen LogP contribution in [0.4, 0.5) is 4.39 Å². The first-order valence-electron chi connectivity index (χ1n) is 8.67. The van der Waals surface area contributed by atoms with Crippen molar-refractivity contribution in [3.05, 3.63) is 65.5 Å². The highest BCUT2D eigenvalue weighted by molar-refractivity contribution is 8.13. The Morgan fingerprint density at radius 2 is 1.96 bits per heavy atom. The SMILES string of the molecule is O=C1CC(c2cccc(O)c2)C2C(=O)N=C(SCc3ccccc3F)N=C2N1. The Labute approximate surface area is 164 Å². The van der Waals surface area contributed by atoms with E-state index in [1.165, 1.54) is 12.1 Å². The third-order valence-corrected chi connectivity index (χ3v) is 5.57. The van der Waals surface area contributed by atoms with Crippen LogP contribution in [0.2, 0.25) is 0 Å². The molecule has 28 heavy (non-hydrogen) atoms. The van der Waals surface area contributed by atoms with Gasteiger partial charge in [-0.1, -0.05) is 42.1 Å². The number of nitrogens with one attached hydrogen (secondary N) is 1. The van der Waals surface area contributed by atoms with E-state index in [9.17, 15) is 19.1 Å². The minimum Gasteiger partial charge on any atom is -0.508 e. The molecule has 2 aromatic carbocycles. The number of thioether (sulfide) groups is 1. The van der Waals surface area contributed by atoms with Crippen molar-refractivity contribution in [3.8, 4) is 5.75 Å². The predicted octanol–water partition coefficient (Wildman–Crippen LogP) is 2.98. The summed E-state index contributed by atoms with van der Waals surface area (Å²) < 4.78 is 13.8. The lowest BCUT2D eigenvalue weighted by atomic mass is 9.79. The number of phenolic OH excluding ortho intramolecular Hbond substituents is 1. The summed E-state index contributed by atoms with van der Waals surface area (Å²) in [6, 6.07) is 12.9. The first-order chi connectivity index (χ1) is 13.5. The Morgan fingerprint density at radius 3 is 2.75 bits per heavy atom. The van der Waals surface area contributed by atoms with Crippen molar-refractivity contribution in [2.75, 3.05) is 0 Å². The lowest BCUT2D eigenvalue weighted by Gasteiger charge is -2.32. The molecule has 2 unspecified atom stereocenters. The normalized spacial score (nSPS) is 21.5. The monoisotopic (exact) mass is 397 g/mol. The Balaban J connectivity index is 1.58. The third kappa shape index (κ3) is 3.68. The molecular weight excluding hydrogens is 381 g/mol. The molecule has 0 saturated carbocycles. The van der Waals surface area contributed by atoms with Gasteiger partial charge in [-0.25, -0.2) is 9.38 Å². The lowest BCUT2D eigenvalue weighted by molar-refractivity contribution is -0.124. The zero-order chi connectivity index (χ0) is 19.7.